The number of hydrogen-bond acceptors (Lipinski definition) is 5. The van der Waals surface area contributed by atoms with Crippen molar-refractivity contribution < 1.29 is 4.74 Å². The first kappa shape index (κ1) is 20.0. The van der Waals surface area contributed by atoms with Crippen LogP contribution in [0.5, 0.6) is 5.75 Å². The second-order valence-electron chi connectivity index (χ2n) is 7.54. The van der Waals surface area contributed by atoms with Crippen LogP contribution < -0.4 is 20.3 Å². The molecule has 1 aromatic carbocycles. The van der Waals surface area contributed by atoms with Gasteiger partial charge in [-0.2, -0.15) is 0 Å². The van der Waals surface area contributed by atoms with E-state index in [9.17, 15) is 0 Å². The molecule has 6 nitrogen and oxygen atoms in total. The quantitative estimate of drug-likeness (QED) is 0.515. The van der Waals surface area contributed by atoms with Crippen LogP contribution in [-0.4, -0.2) is 50.3 Å². The van der Waals surface area contributed by atoms with Gasteiger partial charge in [0, 0.05) is 50.9 Å². The minimum absolute atomic E-state index is 0.745. The van der Waals surface area contributed by atoms with E-state index >= 15 is 0 Å². The summed E-state index contributed by atoms with van der Waals surface area (Å²) in [5.74, 6) is 1.93. The maximum absolute atomic E-state index is 5.59. The first-order valence-corrected chi connectivity index (χ1v) is 11.7. The van der Waals surface area contributed by atoms with Crippen molar-refractivity contribution in [3.63, 3.8) is 0 Å². The molecule has 0 bridgehead atoms. The molecule has 1 fully saturated rings. The van der Waals surface area contributed by atoms with Gasteiger partial charge in [-0.25, -0.2) is 4.98 Å². The fraction of sp³-hybridized carbons (Fsp3) is 0.545. The Morgan fingerprint density at radius 3 is 3.00 bits per heavy atom. The molecule has 0 aliphatic carbocycles. The monoisotopic (exact) mass is 413 g/mol. The van der Waals surface area contributed by atoms with E-state index in [1.165, 1.54) is 29.1 Å². The van der Waals surface area contributed by atoms with Gasteiger partial charge in [-0.05, 0) is 43.4 Å². The molecule has 2 aromatic rings. The van der Waals surface area contributed by atoms with Crippen LogP contribution in [0, 0.1) is 0 Å². The van der Waals surface area contributed by atoms with Crippen LogP contribution in [0.4, 0.5) is 5.13 Å². The number of nitrogens with zero attached hydrogens (tertiary/aromatic N) is 3. The van der Waals surface area contributed by atoms with Crippen molar-refractivity contribution in [3.8, 4) is 5.75 Å². The minimum Gasteiger partial charge on any atom is -0.493 e. The minimum atomic E-state index is 0.745. The lowest BCUT2D eigenvalue weighted by atomic mass is 10.1. The molecule has 0 radical (unpaired) electrons. The van der Waals surface area contributed by atoms with Crippen molar-refractivity contribution in [1.29, 1.82) is 0 Å². The number of nitrogens with one attached hydrogen (secondary N) is 2. The first-order chi connectivity index (χ1) is 14.3. The molecular formula is C22H31N5OS. The van der Waals surface area contributed by atoms with Gasteiger partial charge >= 0.3 is 0 Å². The van der Waals surface area contributed by atoms with Crippen LogP contribution in [0.2, 0.25) is 0 Å². The van der Waals surface area contributed by atoms with E-state index in [0.29, 0.717) is 0 Å². The van der Waals surface area contributed by atoms with Crippen molar-refractivity contribution >= 4 is 22.4 Å². The summed E-state index contributed by atoms with van der Waals surface area (Å²) >= 11 is 1.76. The molecule has 7 heteroatoms. The Morgan fingerprint density at radius 1 is 1.24 bits per heavy atom. The number of rotatable bonds is 8. The molecule has 156 valence electrons. The Kier molecular flexibility index (Phi) is 6.87. The summed E-state index contributed by atoms with van der Waals surface area (Å²) in [6.45, 7) is 7.68. The number of guanidine groups is 1. The summed E-state index contributed by atoms with van der Waals surface area (Å²) in [6.07, 6.45) is 5.46. The van der Waals surface area contributed by atoms with Crippen LogP contribution in [0.15, 0.2) is 28.6 Å². The smallest absolute Gasteiger partial charge is 0.191 e. The third-order valence-electron chi connectivity index (χ3n) is 5.36. The molecule has 3 heterocycles. The molecule has 0 atom stereocenters. The molecular weight excluding hydrogens is 382 g/mol. The van der Waals surface area contributed by atoms with Gasteiger partial charge in [0.15, 0.2) is 11.1 Å². The number of hydrogen-bond donors (Lipinski definition) is 2. The van der Waals surface area contributed by atoms with Gasteiger partial charge in [-0.15, -0.1) is 11.3 Å². The number of aromatic nitrogens is 1. The molecule has 0 spiro atoms. The second kappa shape index (κ2) is 9.96. The highest BCUT2D eigenvalue weighted by Gasteiger charge is 2.15. The third kappa shape index (κ3) is 5.41. The number of anilines is 1. The van der Waals surface area contributed by atoms with Crippen molar-refractivity contribution in [3.05, 3.63) is 40.4 Å². The Bertz CT molecular complexity index is 828. The van der Waals surface area contributed by atoms with E-state index in [1.54, 1.807) is 11.3 Å². The van der Waals surface area contributed by atoms with Crippen molar-refractivity contribution in [2.45, 2.75) is 39.0 Å². The van der Waals surface area contributed by atoms with Gasteiger partial charge in [-0.1, -0.05) is 12.1 Å². The third-order valence-corrected chi connectivity index (χ3v) is 6.31. The van der Waals surface area contributed by atoms with E-state index in [0.717, 1.165) is 76.0 Å². The molecule has 1 aromatic heterocycles. The van der Waals surface area contributed by atoms with Crippen LogP contribution in [0.25, 0.3) is 0 Å². The van der Waals surface area contributed by atoms with Crippen molar-refractivity contribution in [2.24, 2.45) is 4.99 Å². The van der Waals surface area contributed by atoms with Crippen molar-refractivity contribution in [2.75, 3.05) is 44.2 Å². The predicted molar refractivity (Wildman–Crippen MR) is 121 cm³/mol. The zero-order valence-corrected chi connectivity index (χ0v) is 18.1. The fourth-order valence-corrected chi connectivity index (χ4v) is 4.72. The van der Waals surface area contributed by atoms with Crippen molar-refractivity contribution in [1.82, 2.24) is 15.6 Å². The largest absolute Gasteiger partial charge is 0.493 e. The van der Waals surface area contributed by atoms with Crippen LogP contribution >= 0.6 is 11.3 Å². The first-order valence-electron chi connectivity index (χ1n) is 10.8. The highest BCUT2D eigenvalue weighted by atomic mass is 32.1. The molecule has 2 aliphatic heterocycles. The Labute approximate surface area is 177 Å². The van der Waals surface area contributed by atoms with Gasteiger partial charge in [0.25, 0.3) is 0 Å². The highest BCUT2D eigenvalue weighted by molar-refractivity contribution is 7.13. The van der Waals surface area contributed by atoms with Crippen LogP contribution in [0.1, 0.15) is 36.6 Å². The van der Waals surface area contributed by atoms with Gasteiger partial charge in [0.2, 0.25) is 0 Å². The number of ether oxygens (including phenoxy) is 1. The van der Waals surface area contributed by atoms with E-state index < -0.39 is 0 Å². The van der Waals surface area contributed by atoms with E-state index in [1.807, 2.05) is 0 Å². The zero-order chi connectivity index (χ0) is 19.9. The van der Waals surface area contributed by atoms with Crippen LogP contribution in [0.3, 0.4) is 0 Å². The lowest BCUT2D eigenvalue weighted by Crippen LogP contribution is -2.38. The fourth-order valence-electron chi connectivity index (χ4n) is 3.81. The highest BCUT2D eigenvalue weighted by Crippen LogP contribution is 2.26. The second-order valence-corrected chi connectivity index (χ2v) is 8.38. The maximum atomic E-state index is 5.59. The number of fused-ring (bicyclic) bond motifs is 1. The Balaban J connectivity index is 1.24. The summed E-state index contributed by atoms with van der Waals surface area (Å²) in [4.78, 5) is 11.9. The van der Waals surface area contributed by atoms with Gasteiger partial charge < -0.3 is 20.3 Å². The molecule has 2 N–H and O–H groups in total. The van der Waals surface area contributed by atoms with E-state index in [2.05, 4.69) is 46.0 Å². The molecule has 29 heavy (non-hydrogen) atoms. The molecule has 0 saturated carbocycles. The van der Waals surface area contributed by atoms with Crippen LogP contribution in [-0.2, 0) is 19.3 Å². The predicted octanol–water partition coefficient (Wildman–Crippen LogP) is 3.02. The van der Waals surface area contributed by atoms with E-state index in [4.69, 9.17) is 14.7 Å². The molecule has 0 amide bonds. The molecule has 1 saturated heterocycles. The molecule has 2 aliphatic rings. The summed E-state index contributed by atoms with van der Waals surface area (Å²) in [7, 11) is 0. The summed E-state index contributed by atoms with van der Waals surface area (Å²) in [5.41, 5.74) is 3.83. The number of thiazole rings is 1. The SMILES string of the molecule is CCNC(=NCCc1csc(N2CCCC2)n1)NCCc1ccc2c(c1)CCO2. The number of aliphatic imine (C=N–C) groups is 1. The Hall–Kier alpha value is -2.28. The Morgan fingerprint density at radius 2 is 2.14 bits per heavy atom. The topological polar surface area (TPSA) is 61.8 Å². The van der Waals surface area contributed by atoms with Gasteiger partial charge in [-0.3, -0.25) is 4.99 Å². The zero-order valence-electron chi connectivity index (χ0n) is 17.2. The lowest BCUT2D eigenvalue weighted by molar-refractivity contribution is 0.357. The standard InChI is InChI=1S/C22H31N5OS/c1-2-23-21(24-10-7-17-5-6-20-18(15-17)9-14-28-20)25-11-8-19-16-29-22(26-19)27-12-3-4-13-27/h5-6,15-16H,2-4,7-14H2,1H3,(H2,23,24,25). The normalized spacial score (nSPS) is 16.0. The van der Waals surface area contributed by atoms with Gasteiger partial charge in [0.05, 0.1) is 12.3 Å². The summed E-state index contributed by atoms with van der Waals surface area (Å²) in [6, 6.07) is 6.53. The average Bonchev–Trinajstić information content (AvgIpc) is 3.48. The molecule has 0 unspecified atom stereocenters. The lowest BCUT2D eigenvalue weighted by Gasteiger charge is -2.12. The number of benzene rings is 1. The summed E-state index contributed by atoms with van der Waals surface area (Å²) < 4.78 is 5.59. The maximum Gasteiger partial charge on any atom is 0.191 e. The average molecular weight is 414 g/mol. The molecule has 4 rings (SSSR count). The van der Waals surface area contributed by atoms with Gasteiger partial charge in [0.1, 0.15) is 5.75 Å². The van der Waals surface area contributed by atoms with E-state index in [-0.39, 0.29) is 0 Å². The summed E-state index contributed by atoms with van der Waals surface area (Å²) in [5, 5.41) is 10.1.